The molecule has 0 bridgehead atoms. The summed E-state index contributed by atoms with van der Waals surface area (Å²) >= 11 is 0. The summed E-state index contributed by atoms with van der Waals surface area (Å²) in [5.74, 6) is 2.51. The Labute approximate surface area is 175 Å². The second-order valence-electron chi connectivity index (χ2n) is 8.65. The minimum atomic E-state index is -0.543. The molecule has 164 valence electrons. The van der Waals surface area contributed by atoms with Crippen molar-refractivity contribution < 1.29 is 19.7 Å². The summed E-state index contributed by atoms with van der Waals surface area (Å²) in [5, 5.41) is 20.1. The van der Waals surface area contributed by atoms with E-state index in [4.69, 9.17) is 9.47 Å². The Morgan fingerprint density at radius 3 is 2.62 bits per heavy atom. The molecule has 0 unspecified atom stereocenters. The zero-order valence-electron chi connectivity index (χ0n) is 18.1. The maximum absolute atomic E-state index is 10.4. The van der Waals surface area contributed by atoms with Crippen molar-refractivity contribution in [3.8, 4) is 11.5 Å². The average molecular weight is 407 g/mol. The summed E-state index contributed by atoms with van der Waals surface area (Å²) in [7, 11) is 1.69. The molecule has 1 aliphatic carbocycles. The topological polar surface area (TPSA) is 65.4 Å². The number of nitrogens with zero attached hydrogens (tertiary/aromatic N) is 2. The Bertz CT molecular complexity index is 615. The van der Waals surface area contributed by atoms with Crippen LogP contribution in [-0.4, -0.2) is 78.7 Å². The van der Waals surface area contributed by atoms with E-state index in [9.17, 15) is 10.2 Å². The minimum absolute atomic E-state index is 0.191. The predicted molar refractivity (Wildman–Crippen MR) is 114 cm³/mol. The fourth-order valence-electron chi connectivity index (χ4n) is 4.04. The Kier molecular flexibility index (Phi) is 8.60. The smallest absolute Gasteiger partial charge is 0.124 e. The van der Waals surface area contributed by atoms with Gasteiger partial charge in [0.15, 0.2) is 0 Å². The SMILES string of the molecule is CCCN(Cc1cc(OC)ccc1OC[C@H](O)CN1CCC(O)CC1)CC1CC1. The molecule has 2 aliphatic rings. The van der Waals surface area contributed by atoms with Gasteiger partial charge in [0.25, 0.3) is 0 Å². The van der Waals surface area contributed by atoms with E-state index in [-0.39, 0.29) is 12.7 Å². The summed E-state index contributed by atoms with van der Waals surface area (Å²) in [5.41, 5.74) is 1.12. The third kappa shape index (κ3) is 7.45. The van der Waals surface area contributed by atoms with Crippen molar-refractivity contribution in [1.29, 1.82) is 0 Å². The monoisotopic (exact) mass is 406 g/mol. The molecule has 1 saturated carbocycles. The first kappa shape index (κ1) is 22.3. The normalized spacial score (nSPS) is 19.5. The molecule has 1 aromatic rings. The quantitative estimate of drug-likeness (QED) is 0.556. The lowest BCUT2D eigenvalue weighted by molar-refractivity contribution is 0.0335. The van der Waals surface area contributed by atoms with Gasteiger partial charge in [-0.15, -0.1) is 0 Å². The van der Waals surface area contributed by atoms with Crippen LogP contribution >= 0.6 is 0 Å². The van der Waals surface area contributed by atoms with E-state index in [1.165, 1.54) is 12.8 Å². The van der Waals surface area contributed by atoms with Gasteiger partial charge in [0, 0.05) is 38.3 Å². The molecule has 1 saturated heterocycles. The molecule has 1 atom stereocenters. The van der Waals surface area contributed by atoms with Crippen molar-refractivity contribution in [2.24, 2.45) is 5.92 Å². The van der Waals surface area contributed by atoms with Gasteiger partial charge in [-0.3, -0.25) is 4.90 Å². The standard InChI is InChI=1S/C23H38N2O4/c1-3-10-25(14-18-4-5-18)15-19-13-22(28-2)6-7-23(19)29-17-21(27)16-24-11-8-20(26)9-12-24/h6-7,13,18,20-21,26-27H,3-5,8-12,14-17H2,1-2H3/t21-/m1/s1. The second-order valence-corrected chi connectivity index (χ2v) is 8.65. The van der Waals surface area contributed by atoms with Gasteiger partial charge in [0.05, 0.1) is 13.2 Å². The number of aliphatic hydroxyl groups excluding tert-OH is 2. The molecular formula is C23H38N2O4. The first-order valence-corrected chi connectivity index (χ1v) is 11.2. The summed E-state index contributed by atoms with van der Waals surface area (Å²) in [6, 6.07) is 5.94. The van der Waals surface area contributed by atoms with Gasteiger partial charge in [0.2, 0.25) is 0 Å². The number of hydrogen-bond donors (Lipinski definition) is 2. The molecule has 1 heterocycles. The second kappa shape index (κ2) is 11.2. The Hall–Kier alpha value is -1.34. The Morgan fingerprint density at radius 2 is 1.97 bits per heavy atom. The van der Waals surface area contributed by atoms with Crippen LogP contribution in [0.25, 0.3) is 0 Å². The number of methoxy groups -OCH3 is 1. The van der Waals surface area contributed by atoms with Crippen LogP contribution < -0.4 is 9.47 Å². The van der Waals surface area contributed by atoms with Gasteiger partial charge < -0.3 is 24.6 Å². The lowest BCUT2D eigenvalue weighted by Gasteiger charge is -2.31. The predicted octanol–water partition coefficient (Wildman–Crippen LogP) is 2.51. The largest absolute Gasteiger partial charge is 0.497 e. The van der Waals surface area contributed by atoms with Crippen LogP contribution in [0.4, 0.5) is 0 Å². The lowest BCUT2D eigenvalue weighted by atomic mass is 10.1. The third-order valence-corrected chi connectivity index (χ3v) is 5.87. The Balaban J connectivity index is 1.57. The van der Waals surface area contributed by atoms with Crippen LogP contribution in [0.2, 0.25) is 0 Å². The molecule has 6 heteroatoms. The number of piperidine rings is 1. The molecule has 1 aromatic carbocycles. The number of ether oxygens (including phenoxy) is 2. The number of hydrogen-bond acceptors (Lipinski definition) is 6. The highest BCUT2D eigenvalue weighted by molar-refractivity contribution is 5.40. The maximum Gasteiger partial charge on any atom is 0.124 e. The van der Waals surface area contributed by atoms with E-state index >= 15 is 0 Å². The molecule has 0 radical (unpaired) electrons. The molecule has 2 fully saturated rings. The first-order chi connectivity index (χ1) is 14.1. The Morgan fingerprint density at radius 1 is 1.21 bits per heavy atom. The van der Waals surface area contributed by atoms with E-state index in [1.54, 1.807) is 7.11 Å². The molecule has 2 N–H and O–H groups in total. The fourth-order valence-corrected chi connectivity index (χ4v) is 4.04. The summed E-state index contributed by atoms with van der Waals surface area (Å²) in [4.78, 5) is 4.71. The molecule has 1 aliphatic heterocycles. The van der Waals surface area contributed by atoms with Crippen LogP contribution in [0.5, 0.6) is 11.5 Å². The number of rotatable bonds is 12. The van der Waals surface area contributed by atoms with Crippen molar-refractivity contribution >= 4 is 0 Å². The van der Waals surface area contributed by atoms with Gasteiger partial charge in [-0.05, 0) is 62.8 Å². The molecule has 0 amide bonds. The van der Waals surface area contributed by atoms with Crippen molar-refractivity contribution in [3.05, 3.63) is 23.8 Å². The van der Waals surface area contributed by atoms with Crippen LogP contribution in [0.1, 0.15) is 44.6 Å². The van der Waals surface area contributed by atoms with E-state index in [1.807, 2.05) is 12.1 Å². The molecule has 0 aromatic heterocycles. The van der Waals surface area contributed by atoms with E-state index in [0.29, 0.717) is 6.54 Å². The van der Waals surface area contributed by atoms with E-state index in [2.05, 4.69) is 22.8 Å². The van der Waals surface area contributed by atoms with Gasteiger partial charge in [-0.25, -0.2) is 0 Å². The first-order valence-electron chi connectivity index (χ1n) is 11.2. The van der Waals surface area contributed by atoms with Crippen molar-refractivity contribution in [2.45, 2.75) is 57.8 Å². The van der Waals surface area contributed by atoms with Crippen LogP contribution in [0.3, 0.4) is 0 Å². The van der Waals surface area contributed by atoms with Gasteiger partial charge >= 0.3 is 0 Å². The van der Waals surface area contributed by atoms with Crippen LogP contribution in [0.15, 0.2) is 18.2 Å². The highest BCUT2D eigenvalue weighted by Gasteiger charge is 2.25. The maximum atomic E-state index is 10.4. The van der Waals surface area contributed by atoms with E-state index < -0.39 is 6.10 Å². The average Bonchev–Trinajstić information content (AvgIpc) is 3.53. The molecule has 3 rings (SSSR count). The zero-order chi connectivity index (χ0) is 20.6. The summed E-state index contributed by atoms with van der Waals surface area (Å²) < 4.78 is 11.5. The van der Waals surface area contributed by atoms with Gasteiger partial charge in [0.1, 0.15) is 24.2 Å². The molecule has 0 spiro atoms. The highest BCUT2D eigenvalue weighted by Crippen LogP contribution is 2.32. The van der Waals surface area contributed by atoms with Crippen molar-refractivity contribution in [2.75, 3.05) is 46.4 Å². The highest BCUT2D eigenvalue weighted by atomic mass is 16.5. The minimum Gasteiger partial charge on any atom is -0.497 e. The van der Waals surface area contributed by atoms with Gasteiger partial charge in [-0.1, -0.05) is 6.92 Å². The van der Waals surface area contributed by atoms with Crippen LogP contribution in [0, 0.1) is 5.92 Å². The summed E-state index contributed by atoms with van der Waals surface area (Å²) in [6.45, 7) is 7.81. The zero-order valence-corrected chi connectivity index (χ0v) is 18.1. The van der Waals surface area contributed by atoms with Gasteiger partial charge in [-0.2, -0.15) is 0 Å². The fraction of sp³-hybridized carbons (Fsp3) is 0.739. The number of likely N-dealkylation sites (tertiary alicyclic amines) is 1. The molecule has 6 nitrogen and oxygen atoms in total. The number of benzene rings is 1. The number of aliphatic hydroxyl groups is 2. The third-order valence-electron chi connectivity index (χ3n) is 5.87. The molecule has 29 heavy (non-hydrogen) atoms. The lowest BCUT2D eigenvalue weighted by Crippen LogP contribution is -2.41. The van der Waals surface area contributed by atoms with Crippen LogP contribution in [-0.2, 0) is 6.54 Å². The summed E-state index contributed by atoms with van der Waals surface area (Å²) in [6.07, 6.45) is 4.66. The molecular weight excluding hydrogens is 368 g/mol. The number of β-amino-alcohol motifs (C(OH)–C–C–N with tert-alkyl or cyclic N) is 1. The van der Waals surface area contributed by atoms with E-state index in [0.717, 1.165) is 75.0 Å². The van der Waals surface area contributed by atoms with Crippen molar-refractivity contribution in [3.63, 3.8) is 0 Å². The van der Waals surface area contributed by atoms with Crippen molar-refractivity contribution in [1.82, 2.24) is 9.80 Å².